The van der Waals surface area contributed by atoms with Crippen molar-refractivity contribution in [2.75, 3.05) is 45.9 Å². The smallest absolute Gasteiger partial charge is 0.330 e. The van der Waals surface area contributed by atoms with E-state index in [4.69, 9.17) is 9.47 Å². The van der Waals surface area contributed by atoms with Crippen LogP contribution >= 0.6 is 0 Å². The van der Waals surface area contributed by atoms with E-state index in [1.807, 2.05) is 4.90 Å². The molecule has 1 amide bonds. The summed E-state index contributed by atoms with van der Waals surface area (Å²) in [5.41, 5.74) is 1.10. The fourth-order valence-electron chi connectivity index (χ4n) is 2.19. The number of esters is 1. The predicted octanol–water partition coefficient (Wildman–Crippen LogP) is 0.162. The summed E-state index contributed by atoms with van der Waals surface area (Å²) in [5.74, 6) is -0.535. The van der Waals surface area contributed by atoms with Gasteiger partial charge in [-0.2, -0.15) is 0 Å². The minimum atomic E-state index is -0.506. The Labute approximate surface area is 123 Å². The number of hydrogen-bond acceptors (Lipinski definition) is 6. The molecule has 21 heavy (non-hydrogen) atoms. The highest BCUT2D eigenvalue weighted by atomic mass is 16.5. The standard InChI is InChI=1S/C14H19N3O4/c1-16(2)13(18)11-8-10(4-5-15-11)17-6-7-21-9-12(17)14(19)20-3/h4-5,8,12H,6-7,9H2,1-3H3. The molecule has 0 aliphatic carbocycles. The minimum Gasteiger partial charge on any atom is -0.467 e. The number of pyridine rings is 1. The monoisotopic (exact) mass is 293 g/mol. The second kappa shape index (κ2) is 6.53. The van der Waals surface area contributed by atoms with Crippen molar-refractivity contribution in [2.24, 2.45) is 0 Å². The first kappa shape index (κ1) is 15.2. The molecular formula is C14H19N3O4. The lowest BCUT2D eigenvalue weighted by molar-refractivity contribution is -0.144. The Morgan fingerprint density at radius 2 is 2.24 bits per heavy atom. The molecule has 0 N–H and O–H groups in total. The summed E-state index contributed by atoms with van der Waals surface area (Å²) in [5, 5.41) is 0. The Morgan fingerprint density at radius 1 is 1.48 bits per heavy atom. The van der Waals surface area contributed by atoms with Crippen molar-refractivity contribution < 1.29 is 19.1 Å². The Balaban J connectivity index is 2.29. The van der Waals surface area contributed by atoms with E-state index < -0.39 is 6.04 Å². The SMILES string of the molecule is COC(=O)C1COCCN1c1ccnc(C(=O)N(C)C)c1. The molecule has 2 rings (SSSR count). The zero-order valence-corrected chi connectivity index (χ0v) is 12.4. The van der Waals surface area contributed by atoms with E-state index >= 15 is 0 Å². The van der Waals surface area contributed by atoms with Crippen LogP contribution in [0.15, 0.2) is 18.3 Å². The molecule has 7 heteroatoms. The van der Waals surface area contributed by atoms with Gasteiger partial charge >= 0.3 is 5.97 Å². The first-order valence-electron chi connectivity index (χ1n) is 6.64. The van der Waals surface area contributed by atoms with Crippen LogP contribution in [0.2, 0.25) is 0 Å². The fraction of sp³-hybridized carbons (Fsp3) is 0.500. The van der Waals surface area contributed by atoms with E-state index in [9.17, 15) is 9.59 Å². The Hall–Kier alpha value is -2.15. The molecule has 7 nitrogen and oxygen atoms in total. The fourth-order valence-corrected chi connectivity index (χ4v) is 2.19. The van der Waals surface area contributed by atoms with Crippen LogP contribution in [0.25, 0.3) is 0 Å². The molecule has 0 spiro atoms. The van der Waals surface area contributed by atoms with Crippen molar-refractivity contribution in [3.8, 4) is 0 Å². The summed E-state index contributed by atoms with van der Waals surface area (Å²) in [6.07, 6.45) is 1.57. The number of rotatable bonds is 3. The number of methoxy groups -OCH3 is 1. The lowest BCUT2D eigenvalue weighted by Gasteiger charge is -2.35. The van der Waals surface area contributed by atoms with Crippen molar-refractivity contribution in [1.82, 2.24) is 9.88 Å². The Morgan fingerprint density at radius 3 is 2.90 bits per heavy atom. The molecule has 1 aromatic rings. The number of carbonyl (C=O) groups excluding carboxylic acids is 2. The molecule has 1 saturated heterocycles. The Kier molecular flexibility index (Phi) is 4.74. The first-order valence-corrected chi connectivity index (χ1v) is 6.64. The van der Waals surface area contributed by atoms with Crippen LogP contribution in [0.5, 0.6) is 0 Å². The van der Waals surface area contributed by atoms with Crippen LogP contribution in [-0.4, -0.2) is 68.8 Å². The second-order valence-electron chi connectivity index (χ2n) is 4.91. The van der Waals surface area contributed by atoms with Crippen LogP contribution in [0.4, 0.5) is 5.69 Å². The number of amides is 1. The predicted molar refractivity (Wildman–Crippen MR) is 76.2 cm³/mol. The molecule has 1 atom stereocenters. The maximum absolute atomic E-state index is 12.0. The van der Waals surface area contributed by atoms with Gasteiger partial charge in [-0.25, -0.2) is 4.79 Å². The third kappa shape index (κ3) is 3.30. The van der Waals surface area contributed by atoms with Gasteiger partial charge in [0.2, 0.25) is 0 Å². The molecule has 1 fully saturated rings. The lowest BCUT2D eigenvalue weighted by Crippen LogP contribution is -2.50. The highest BCUT2D eigenvalue weighted by molar-refractivity contribution is 5.93. The number of ether oxygens (including phenoxy) is 2. The molecular weight excluding hydrogens is 274 g/mol. The van der Waals surface area contributed by atoms with Crippen molar-refractivity contribution in [1.29, 1.82) is 0 Å². The average Bonchev–Trinajstić information content (AvgIpc) is 2.53. The van der Waals surface area contributed by atoms with Crippen LogP contribution in [-0.2, 0) is 14.3 Å². The second-order valence-corrected chi connectivity index (χ2v) is 4.91. The van der Waals surface area contributed by atoms with Crippen LogP contribution in [0.1, 0.15) is 10.5 Å². The molecule has 0 bridgehead atoms. The molecule has 1 unspecified atom stereocenters. The van der Waals surface area contributed by atoms with Crippen molar-refractivity contribution in [3.05, 3.63) is 24.0 Å². The van der Waals surface area contributed by atoms with Gasteiger partial charge in [-0.1, -0.05) is 0 Å². The summed E-state index contributed by atoms with van der Waals surface area (Å²) in [7, 11) is 4.69. The number of nitrogens with zero attached hydrogens (tertiary/aromatic N) is 3. The van der Waals surface area contributed by atoms with Crippen LogP contribution in [0, 0.1) is 0 Å². The van der Waals surface area contributed by atoms with Gasteiger partial charge in [-0.05, 0) is 12.1 Å². The third-order valence-corrected chi connectivity index (χ3v) is 3.30. The average molecular weight is 293 g/mol. The van der Waals surface area contributed by atoms with Gasteiger partial charge in [0.15, 0.2) is 6.04 Å². The number of anilines is 1. The van der Waals surface area contributed by atoms with E-state index in [2.05, 4.69) is 4.98 Å². The molecule has 1 aromatic heterocycles. The van der Waals surface area contributed by atoms with Crippen molar-refractivity contribution in [2.45, 2.75) is 6.04 Å². The topological polar surface area (TPSA) is 72.0 Å². The van der Waals surface area contributed by atoms with Gasteiger partial charge in [0.05, 0.1) is 20.3 Å². The highest BCUT2D eigenvalue weighted by Gasteiger charge is 2.31. The minimum absolute atomic E-state index is 0.181. The van der Waals surface area contributed by atoms with Gasteiger partial charge in [-0.3, -0.25) is 9.78 Å². The summed E-state index contributed by atoms with van der Waals surface area (Å²) >= 11 is 0. The van der Waals surface area contributed by atoms with E-state index in [1.54, 1.807) is 32.4 Å². The molecule has 1 aliphatic heterocycles. The zero-order valence-electron chi connectivity index (χ0n) is 12.4. The van der Waals surface area contributed by atoms with E-state index in [-0.39, 0.29) is 18.5 Å². The molecule has 2 heterocycles. The van der Waals surface area contributed by atoms with Crippen LogP contribution in [0.3, 0.4) is 0 Å². The third-order valence-electron chi connectivity index (χ3n) is 3.30. The van der Waals surface area contributed by atoms with E-state index in [0.29, 0.717) is 18.8 Å². The van der Waals surface area contributed by atoms with Gasteiger partial charge in [0, 0.05) is 32.5 Å². The van der Waals surface area contributed by atoms with E-state index in [1.165, 1.54) is 12.0 Å². The molecule has 0 saturated carbocycles. The van der Waals surface area contributed by atoms with Gasteiger partial charge in [0.1, 0.15) is 5.69 Å². The molecule has 0 radical (unpaired) electrons. The quantitative estimate of drug-likeness (QED) is 0.739. The number of aromatic nitrogens is 1. The molecule has 114 valence electrons. The summed E-state index contributed by atoms with van der Waals surface area (Å²) in [6, 6.07) is 2.95. The first-order chi connectivity index (χ1) is 10.0. The van der Waals surface area contributed by atoms with E-state index in [0.717, 1.165) is 5.69 Å². The zero-order chi connectivity index (χ0) is 15.4. The maximum Gasteiger partial charge on any atom is 0.330 e. The molecule has 1 aliphatic rings. The Bertz CT molecular complexity index is 533. The summed E-state index contributed by atoms with van der Waals surface area (Å²) in [4.78, 5) is 31.2. The van der Waals surface area contributed by atoms with Gasteiger partial charge in [0.25, 0.3) is 5.91 Å². The molecule has 0 aromatic carbocycles. The maximum atomic E-state index is 12.0. The number of carbonyl (C=O) groups is 2. The van der Waals surface area contributed by atoms with Gasteiger partial charge < -0.3 is 19.3 Å². The van der Waals surface area contributed by atoms with Crippen molar-refractivity contribution >= 4 is 17.6 Å². The normalized spacial score (nSPS) is 18.2. The largest absolute Gasteiger partial charge is 0.467 e. The summed E-state index contributed by atoms with van der Waals surface area (Å²) < 4.78 is 10.1. The lowest BCUT2D eigenvalue weighted by atomic mass is 10.2. The van der Waals surface area contributed by atoms with Gasteiger partial charge in [-0.15, -0.1) is 0 Å². The number of morpholine rings is 1. The summed E-state index contributed by atoms with van der Waals surface area (Å²) in [6.45, 7) is 1.35. The highest BCUT2D eigenvalue weighted by Crippen LogP contribution is 2.21. The van der Waals surface area contributed by atoms with Crippen molar-refractivity contribution in [3.63, 3.8) is 0 Å². The number of hydrogen-bond donors (Lipinski definition) is 0. The van der Waals surface area contributed by atoms with Crippen LogP contribution < -0.4 is 4.90 Å².